The molecule has 0 aliphatic rings. The van der Waals surface area contributed by atoms with Crippen molar-refractivity contribution in [2.24, 2.45) is 0 Å². The van der Waals surface area contributed by atoms with Crippen molar-refractivity contribution in [2.45, 2.75) is 12.7 Å². The monoisotopic (exact) mass is 257 g/mol. The summed E-state index contributed by atoms with van der Waals surface area (Å²) in [6, 6.07) is 12.2. The molecule has 2 aromatic carbocycles. The van der Waals surface area contributed by atoms with Crippen LogP contribution in [0, 0.1) is 17.1 Å². The first-order valence-corrected chi connectivity index (χ1v) is 5.73. The van der Waals surface area contributed by atoms with E-state index < -0.39 is 6.10 Å². The normalized spacial score (nSPS) is 11.9. The molecular formula is C15H12FNO2. The van der Waals surface area contributed by atoms with E-state index in [1.165, 1.54) is 30.3 Å². The molecule has 0 unspecified atom stereocenters. The molecule has 0 amide bonds. The van der Waals surface area contributed by atoms with Crippen LogP contribution >= 0.6 is 0 Å². The molecule has 1 atom stereocenters. The van der Waals surface area contributed by atoms with E-state index in [-0.39, 0.29) is 12.4 Å². The summed E-state index contributed by atoms with van der Waals surface area (Å²) in [7, 11) is 0. The Hall–Kier alpha value is -2.22. The minimum absolute atomic E-state index is 0.275. The minimum atomic E-state index is -0.963. The van der Waals surface area contributed by atoms with Gasteiger partial charge in [-0.05, 0) is 41.0 Å². The van der Waals surface area contributed by atoms with Crippen LogP contribution in [-0.2, 0) is 6.61 Å². The van der Waals surface area contributed by atoms with Crippen molar-refractivity contribution < 1.29 is 14.6 Å². The van der Waals surface area contributed by atoms with E-state index in [9.17, 15) is 14.6 Å². The molecule has 0 saturated carbocycles. The number of halogens is 1. The fourth-order valence-electron chi connectivity index (χ4n) is 1.90. The molecule has 4 heteroatoms. The smallest absolute Gasteiger partial charge is 0.123 e. The molecule has 19 heavy (non-hydrogen) atoms. The number of hydrogen-bond donors (Lipinski definition) is 2. The van der Waals surface area contributed by atoms with Crippen LogP contribution in [0.25, 0.3) is 0 Å². The molecule has 0 fully saturated rings. The van der Waals surface area contributed by atoms with E-state index in [2.05, 4.69) is 0 Å². The highest BCUT2D eigenvalue weighted by Crippen LogP contribution is 2.26. The van der Waals surface area contributed by atoms with Crippen molar-refractivity contribution in [1.29, 1.82) is 5.26 Å². The largest absolute Gasteiger partial charge is 0.392 e. The van der Waals surface area contributed by atoms with Crippen LogP contribution < -0.4 is 0 Å². The van der Waals surface area contributed by atoms with Gasteiger partial charge in [-0.15, -0.1) is 0 Å². The van der Waals surface area contributed by atoms with Crippen molar-refractivity contribution in [2.75, 3.05) is 0 Å². The van der Waals surface area contributed by atoms with Gasteiger partial charge in [-0.3, -0.25) is 0 Å². The molecule has 0 radical (unpaired) electrons. The summed E-state index contributed by atoms with van der Waals surface area (Å²) >= 11 is 0. The van der Waals surface area contributed by atoms with Gasteiger partial charge in [0.05, 0.1) is 18.2 Å². The lowest BCUT2D eigenvalue weighted by atomic mass is 9.95. The Balaban J connectivity index is 2.41. The lowest BCUT2D eigenvalue weighted by Crippen LogP contribution is -2.04. The molecule has 0 aliphatic heterocycles. The van der Waals surface area contributed by atoms with Crippen molar-refractivity contribution in [3.63, 3.8) is 0 Å². The Bertz CT molecular complexity index is 617. The summed E-state index contributed by atoms with van der Waals surface area (Å²) in [5.74, 6) is -0.377. The van der Waals surface area contributed by atoms with Gasteiger partial charge < -0.3 is 10.2 Å². The fourth-order valence-corrected chi connectivity index (χ4v) is 1.90. The van der Waals surface area contributed by atoms with E-state index in [0.717, 1.165) is 0 Å². The van der Waals surface area contributed by atoms with Crippen molar-refractivity contribution in [1.82, 2.24) is 0 Å². The standard InChI is InChI=1S/C15H12FNO2/c16-13-4-2-11(3-5-13)15(19)14-6-1-10(8-17)7-12(14)9-18/h1-7,15,18-19H,9H2/t15-/m0/s1. The van der Waals surface area contributed by atoms with E-state index in [1.54, 1.807) is 12.1 Å². The number of nitrogens with zero attached hydrogens (tertiary/aromatic N) is 1. The Kier molecular flexibility index (Phi) is 3.91. The second kappa shape index (κ2) is 5.61. The molecular weight excluding hydrogens is 245 g/mol. The number of aliphatic hydroxyl groups excluding tert-OH is 2. The average Bonchev–Trinajstić information content (AvgIpc) is 2.46. The second-order valence-corrected chi connectivity index (χ2v) is 4.14. The van der Waals surface area contributed by atoms with Gasteiger partial charge in [0.25, 0.3) is 0 Å². The second-order valence-electron chi connectivity index (χ2n) is 4.14. The zero-order valence-corrected chi connectivity index (χ0v) is 10.0. The van der Waals surface area contributed by atoms with Crippen molar-refractivity contribution in [3.8, 4) is 6.07 Å². The first kappa shape index (κ1) is 13.2. The summed E-state index contributed by atoms with van der Waals surface area (Å²) in [5.41, 5.74) is 1.93. The third kappa shape index (κ3) is 2.79. The molecule has 0 aliphatic carbocycles. The maximum Gasteiger partial charge on any atom is 0.123 e. The van der Waals surface area contributed by atoms with Gasteiger partial charge in [-0.2, -0.15) is 5.26 Å². The summed E-state index contributed by atoms with van der Waals surface area (Å²) in [6.45, 7) is -0.275. The minimum Gasteiger partial charge on any atom is -0.392 e. The van der Waals surface area contributed by atoms with E-state index in [4.69, 9.17) is 5.26 Å². The lowest BCUT2D eigenvalue weighted by Gasteiger charge is -2.15. The third-order valence-corrected chi connectivity index (χ3v) is 2.92. The van der Waals surface area contributed by atoms with Crippen LogP contribution in [0.4, 0.5) is 4.39 Å². The maximum absolute atomic E-state index is 12.8. The first-order valence-electron chi connectivity index (χ1n) is 5.73. The van der Waals surface area contributed by atoms with Gasteiger partial charge in [0.15, 0.2) is 0 Å². The summed E-state index contributed by atoms with van der Waals surface area (Å²) in [4.78, 5) is 0. The van der Waals surface area contributed by atoms with Crippen LogP contribution in [0.3, 0.4) is 0 Å². The van der Waals surface area contributed by atoms with E-state index >= 15 is 0 Å². The van der Waals surface area contributed by atoms with Gasteiger partial charge in [0.1, 0.15) is 11.9 Å². The number of benzene rings is 2. The molecule has 0 saturated heterocycles. The molecule has 0 spiro atoms. The SMILES string of the molecule is N#Cc1ccc([C@@H](O)c2ccc(F)cc2)c(CO)c1. The van der Waals surface area contributed by atoms with Crippen molar-refractivity contribution >= 4 is 0 Å². The first-order chi connectivity index (χ1) is 9.15. The van der Waals surface area contributed by atoms with Crippen LogP contribution in [0.5, 0.6) is 0 Å². The van der Waals surface area contributed by atoms with Crippen LogP contribution in [0.1, 0.15) is 28.4 Å². The third-order valence-electron chi connectivity index (χ3n) is 2.92. The molecule has 96 valence electrons. The number of nitriles is 1. The topological polar surface area (TPSA) is 64.2 Å². The predicted molar refractivity (Wildman–Crippen MR) is 67.5 cm³/mol. The van der Waals surface area contributed by atoms with Gasteiger partial charge in [0, 0.05) is 0 Å². The molecule has 2 aromatic rings. The van der Waals surface area contributed by atoms with Crippen LogP contribution in [0.15, 0.2) is 42.5 Å². The summed E-state index contributed by atoms with van der Waals surface area (Å²) in [6.07, 6.45) is -0.963. The Morgan fingerprint density at radius 1 is 1.16 bits per heavy atom. The zero-order chi connectivity index (χ0) is 13.8. The van der Waals surface area contributed by atoms with Gasteiger partial charge in [0.2, 0.25) is 0 Å². The summed E-state index contributed by atoms with van der Waals surface area (Å²) in [5, 5.41) is 28.3. The van der Waals surface area contributed by atoms with Gasteiger partial charge >= 0.3 is 0 Å². The maximum atomic E-state index is 12.8. The molecule has 2 rings (SSSR count). The number of rotatable bonds is 3. The predicted octanol–water partition coefficient (Wildman–Crippen LogP) is 2.27. The highest BCUT2D eigenvalue weighted by atomic mass is 19.1. The average molecular weight is 257 g/mol. The lowest BCUT2D eigenvalue weighted by molar-refractivity contribution is 0.213. The van der Waals surface area contributed by atoms with Gasteiger partial charge in [-0.1, -0.05) is 18.2 Å². The Morgan fingerprint density at radius 3 is 2.42 bits per heavy atom. The fraction of sp³-hybridized carbons (Fsp3) is 0.133. The van der Waals surface area contributed by atoms with E-state index in [0.29, 0.717) is 22.3 Å². The van der Waals surface area contributed by atoms with Crippen LogP contribution in [0.2, 0.25) is 0 Å². The van der Waals surface area contributed by atoms with Gasteiger partial charge in [-0.25, -0.2) is 4.39 Å². The molecule has 0 heterocycles. The quantitative estimate of drug-likeness (QED) is 0.886. The summed E-state index contributed by atoms with van der Waals surface area (Å²) < 4.78 is 12.8. The van der Waals surface area contributed by atoms with Crippen LogP contribution in [-0.4, -0.2) is 10.2 Å². The highest BCUT2D eigenvalue weighted by Gasteiger charge is 2.14. The van der Waals surface area contributed by atoms with Crippen molar-refractivity contribution in [3.05, 3.63) is 70.5 Å². The molecule has 2 N–H and O–H groups in total. The Labute approximate surface area is 110 Å². The highest BCUT2D eigenvalue weighted by molar-refractivity contribution is 5.42. The molecule has 0 aromatic heterocycles. The zero-order valence-electron chi connectivity index (χ0n) is 10.0. The van der Waals surface area contributed by atoms with E-state index in [1.807, 2.05) is 6.07 Å². The molecule has 0 bridgehead atoms. The number of aliphatic hydroxyl groups is 2. The number of hydrogen-bond acceptors (Lipinski definition) is 3. The molecule has 3 nitrogen and oxygen atoms in total. The Morgan fingerprint density at radius 2 is 1.84 bits per heavy atom.